The Kier molecular flexibility index (Phi) is 7.38. The van der Waals surface area contributed by atoms with Crippen molar-refractivity contribution in [3.8, 4) is 50.7 Å². The van der Waals surface area contributed by atoms with E-state index >= 15 is 0 Å². The van der Waals surface area contributed by atoms with Crippen LogP contribution in [0.1, 0.15) is 44.9 Å². The summed E-state index contributed by atoms with van der Waals surface area (Å²) in [4.78, 5) is 15.4. The van der Waals surface area contributed by atoms with Crippen molar-refractivity contribution in [3.63, 3.8) is 0 Å². The van der Waals surface area contributed by atoms with Crippen molar-refractivity contribution in [2.24, 2.45) is 11.8 Å². The Hall–Kier alpha value is -5.87. The maximum atomic E-state index is 5.21. The van der Waals surface area contributed by atoms with E-state index in [1.165, 1.54) is 76.2 Å². The molecule has 4 nitrogen and oxygen atoms in total. The first-order valence-electron chi connectivity index (χ1n) is 18.7. The SMILES string of the molecule is CC1(c2nc(-c3ccccc3)nc(-c3ccc(-c4ccc(-n5c6ccccc6c6cc(-c7ccccc7)ccc65)cc4)cc3)n2)CC2CC[C@@H](C2)C1. The van der Waals surface area contributed by atoms with Gasteiger partial charge in [0.2, 0.25) is 0 Å². The van der Waals surface area contributed by atoms with Gasteiger partial charge in [0.15, 0.2) is 11.6 Å². The van der Waals surface area contributed by atoms with Gasteiger partial charge in [-0.1, -0.05) is 141 Å². The van der Waals surface area contributed by atoms with Crippen LogP contribution in [0, 0.1) is 11.8 Å². The van der Waals surface area contributed by atoms with Gasteiger partial charge in [0.1, 0.15) is 5.82 Å². The molecule has 2 unspecified atom stereocenters. The monoisotopic (exact) mass is 672 g/mol. The molecule has 0 spiro atoms. The molecule has 252 valence electrons. The topological polar surface area (TPSA) is 43.6 Å². The second-order valence-electron chi connectivity index (χ2n) is 15.3. The molecule has 3 atom stereocenters. The molecule has 0 aliphatic heterocycles. The summed E-state index contributed by atoms with van der Waals surface area (Å²) < 4.78 is 2.38. The summed E-state index contributed by atoms with van der Waals surface area (Å²) in [6.45, 7) is 2.39. The first-order chi connectivity index (χ1) is 25.6. The van der Waals surface area contributed by atoms with Crippen molar-refractivity contribution in [3.05, 3.63) is 157 Å². The number of rotatable bonds is 6. The molecule has 2 aliphatic carbocycles. The Morgan fingerprint density at radius 2 is 0.981 bits per heavy atom. The maximum Gasteiger partial charge on any atom is 0.163 e. The molecule has 10 rings (SSSR count). The molecule has 0 N–H and O–H groups in total. The average molecular weight is 673 g/mol. The summed E-state index contributed by atoms with van der Waals surface area (Å²) in [5.41, 5.74) is 10.4. The third-order valence-electron chi connectivity index (χ3n) is 11.7. The predicted octanol–water partition coefficient (Wildman–Crippen LogP) is 12.1. The lowest BCUT2D eigenvalue weighted by atomic mass is 9.69. The molecule has 0 amide bonds. The maximum absolute atomic E-state index is 5.21. The van der Waals surface area contributed by atoms with Crippen LogP contribution >= 0.6 is 0 Å². The number of aromatic nitrogens is 4. The van der Waals surface area contributed by atoms with Gasteiger partial charge < -0.3 is 4.57 Å². The lowest BCUT2D eigenvalue weighted by Gasteiger charge is -2.36. The Bertz CT molecular complexity index is 2540. The number of benzene rings is 6. The Labute approximate surface area is 304 Å². The fraction of sp³-hybridized carbons (Fsp3) is 0.188. The molecular weight excluding hydrogens is 633 g/mol. The summed E-state index contributed by atoms with van der Waals surface area (Å²) >= 11 is 0. The van der Waals surface area contributed by atoms with Crippen molar-refractivity contribution >= 4 is 21.8 Å². The highest BCUT2D eigenvalue weighted by atomic mass is 15.0. The minimum absolute atomic E-state index is 0.0203. The molecule has 8 aromatic rings. The van der Waals surface area contributed by atoms with Crippen LogP contribution in [-0.2, 0) is 5.41 Å². The van der Waals surface area contributed by atoms with Crippen LogP contribution in [-0.4, -0.2) is 19.5 Å². The molecule has 2 bridgehead atoms. The lowest BCUT2D eigenvalue weighted by Crippen LogP contribution is -2.33. The van der Waals surface area contributed by atoms with E-state index in [1.54, 1.807) is 0 Å². The fourth-order valence-corrected chi connectivity index (χ4v) is 9.26. The zero-order chi connectivity index (χ0) is 34.6. The largest absolute Gasteiger partial charge is 0.309 e. The highest BCUT2D eigenvalue weighted by molar-refractivity contribution is 6.10. The van der Waals surface area contributed by atoms with Crippen LogP contribution in [0.5, 0.6) is 0 Å². The first-order valence-corrected chi connectivity index (χ1v) is 18.7. The third kappa shape index (κ3) is 5.41. The number of hydrogen-bond acceptors (Lipinski definition) is 3. The molecule has 2 heterocycles. The Balaban J connectivity index is 0.983. The van der Waals surface area contributed by atoms with E-state index < -0.39 is 0 Å². The van der Waals surface area contributed by atoms with Crippen LogP contribution < -0.4 is 0 Å². The third-order valence-corrected chi connectivity index (χ3v) is 11.7. The van der Waals surface area contributed by atoms with Crippen molar-refractivity contribution < 1.29 is 0 Å². The minimum atomic E-state index is -0.0203. The van der Waals surface area contributed by atoms with Crippen molar-refractivity contribution in [2.75, 3.05) is 0 Å². The molecule has 6 aromatic carbocycles. The van der Waals surface area contributed by atoms with Crippen molar-refractivity contribution in [1.82, 2.24) is 19.5 Å². The minimum Gasteiger partial charge on any atom is -0.309 e. The van der Waals surface area contributed by atoms with Gasteiger partial charge in [-0.05, 0) is 83.7 Å². The summed E-state index contributed by atoms with van der Waals surface area (Å²) in [5, 5.41) is 2.52. The normalized spacial score (nSPS) is 19.7. The van der Waals surface area contributed by atoms with Gasteiger partial charge >= 0.3 is 0 Å². The lowest BCUT2D eigenvalue weighted by molar-refractivity contribution is 0.221. The molecule has 52 heavy (non-hydrogen) atoms. The van der Waals surface area contributed by atoms with Crippen LogP contribution in [0.2, 0.25) is 0 Å². The standard InChI is InChI=1S/C48H40N4/c1-48(30-32-16-17-33(28-32)31-48)47-50-45(37-12-6-3-7-13-37)49-46(51-47)38-20-18-35(19-21-38)36-22-25-40(26-23-36)52-43-15-9-8-14-41(43)42-29-39(24-27-44(42)52)34-10-4-2-5-11-34/h2-15,18-27,29,32-33H,16-17,28,30-31H2,1H3/t32-,33?,48?/m0/s1. The van der Waals surface area contributed by atoms with Gasteiger partial charge in [-0.25, -0.2) is 15.0 Å². The van der Waals surface area contributed by atoms with E-state index in [9.17, 15) is 0 Å². The number of para-hydroxylation sites is 1. The van der Waals surface area contributed by atoms with E-state index in [2.05, 4.69) is 157 Å². The molecule has 2 fully saturated rings. The second kappa shape index (κ2) is 12.4. The van der Waals surface area contributed by atoms with Gasteiger partial charge in [0.05, 0.1) is 11.0 Å². The molecule has 2 saturated carbocycles. The molecular formula is C48H40N4. The molecule has 2 aliphatic rings. The molecule has 0 saturated heterocycles. The zero-order valence-electron chi connectivity index (χ0n) is 29.4. The fourth-order valence-electron chi connectivity index (χ4n) is 9.26. The van der Waals surface area contributed by atoms with E-state index in [4.69, 9.17) is 15.0 Å². The number of hydrogen-bond donors (Lipinski definition) is 0. The van der Waals surface area contributed by atoms with E-state index in [1.807, 2.05) is 6.07 Å². The summed E-state index contributed by atoms with van der Waals surface area (Å²) in [6.07, 6.45) is 6.40. The van der Waals surface area contributed by atoms with Crippen LogP contribution in [0.15, 0.2) is 152 Å². The summed E-state index contributed by atoms with van der Waals surface area (Å²) in [6, 6.07) is 54.2. The van der Waals surface area contributed by atoms with Gasteiger partial charge in [-0.3, -0.25) is 0 Å². The highest BCUT2D eigenvalue weighted by Gasteiger charge is 2.44. The van der Waals surface area contributed by atoms with Gasteiger partial charge in [0.25, 0.3) is 0 Å². The van der Waals surface area contributed by atoms with Crippen molar-refractivity contribution in [2.45, 2.75) is 44.4 Å². The Morgan fingerprint density at radius 3 is 1.65 bits per heavy atom. The highest BCUT2D eigenvalue weighted by Crippen LogP contribution is 2.51. The van der Waals surface area contributed by atoms with Gasteiger partial charge in [-0.15, -0.1) is 0 Å². The zero-order valence-corrected chi connectivity index (χ0v) is 29.4. The summed E-state index contributed by atoms with van der Waals surface area (Å²) in [7, 11) is 0. The van der Waals surface area contributed by atoms with E-state index in [0.717, 1.165) is 46.1 Å². The van der Waals surface area contributed by atoms with E-state index in [0.29, 0.717) is 0 Å². The summed E-state index contributed by atoms with van der Waals surface area (Å²) in [5.74, 6) is 4.05. The number of fused-ring (bicyclic) bond motifs is 5. The molecule has 2 aromatic heterocycles. The number of nitrogens with zero attached hydrogens (tertiary/aromatic N) is 4. The first kappa shape index (κ1) is 30.9. The second-order valence-corrected chi connectivity index (χ2v) is 15.3. The van der Waals surface area contributed by atoms with E-state index in [-0.39, 0.29) is 5.41 Å². The Morgan fingerprint density at radius 1 is 0.481 bits per heavy atom. The average Bonchev–Trinajstić information content (AvgIpc) is 3.74. The molecule has 4 heteroatoms. The molecule has 0 radical (unpaired) electrons. The smallest absolute Gasteiger partial charge is 0.163 e. The van der Waals surface area contributed by atoms with Crippen LogP contribution in [0.3, 0.4) is 0 Å². The van der Waals surface area contributed by atoms with Crippen LogP contribution in [0.25, 0.3) is 72.5 Å². The van der Waals surface area contributed by atoms with Gasteiger partial charge in [0, 0.05) is 33.0 Å². The van der Waals surface area contributed by atoms with Gasteiger partial charge in [-0.2, -0.15) is 0 Å². The predicted molar refractivity (Wildman–Crippen MR) is 213 cm³/mol. The quantitative estimate of drug-likeness (QED) is 0.177. The van der Waals surface area contributed by atoms with Crippen molar-refractivity contribution in [1.29, 1.82) is 0 Å². The van der Waals surface area contributed by atoms with Crippen LogP contribution in [0.4, 0.5) is 0 Å².